The Labute approximate surface area is 198 Å². The van der Waals surface area contributed by atoms with Crippen LogP contribution in [0.5, 0.6) is 5.75 Å². The van der Waals surface area contributed by atoms with E-state index in [2.05, 4.69) is 0 Å². The van der Waals surface area contributed by atoms with Crippen LogP contribution in [0.3, 0.4) is 0 Å². The molecule has 1 unspecified atom stereocenters. The maximum Gasteiger partial charge on any atom is 0.300 e. The Hall–Kier alpha value is -3.93. The van der Waals surface area contributed by atoms with Crippen LogP contribution in [0.2, 0.25) is 0 Å². The van der Waals surface area contributed by atoms with Crippen molar-refractivity contribution in [1.82, 2.24) is 0 Å². The van der Waals surface area contributed by atoms with Crippen LogP contribution in [0.4, 0.5) is 10.1 Å². The average molecular weight is 460 g/mol. The van der Waals surface area contributed by atoms with Crippen molar-refractivity contribution in [2.45, 2.75) is 39.8 Å². The van der Waals surface area contributed by atoms with Gasteiger partial charge in [0, 0.05) is 11.3 Å². The monoisotopic (exact) mass is 459 g/mol. The molecule has 1 atom stereocenters. The third-order valence-corrected chi connectivity index (χ3v) is 5.90. The number of aliphatic hydroxyl groups excluding tert-OH is 1. The van der Waals surface area contributed by atoms with Crippen molar-refractivity contribution in [1.29, 1.82) is 0 Å². The van der Waals surface area contributed by atoms with Gasteiger partial charge in [-0.05, 0) is 92.9 Å². The Morgan fingerprint density at radius 3 is 2.18 bits per heavy atom. The van der Waals surface area contributed by atoms with E-state index in [1.807, 2.05) is 39.8 Å². The largest absolute Gasteiger partial charge is 0.507 e. The van der Waals surface area contributed by atoms with Crippen LogP contribution in [0.15, 0.2) is 72.3 Å². The number of rotatable bonds is 5. The Balaban J connectivity index is 1.87. The quantitative estimate of drug-likeness (QED) is 0.295. The van der Waals surface area contributed by atoms with E-state index in [-0.39, 0.29) is 17.4 Å². The molecule has 0 bridgehead atoms. The zero-order valence-electron chi connectivity index (χ0n) is 19.5. The van der Waals surface area contributed by atoms with Crippen molar-refractivity contribution >= 4 is 23.1 Å². The summed E-state index contributed by atoms with van der Waals surface area (Å²) in [6.45, 7) is 7.69. The molecule has 0 radical (unpaired) electrons. The summed E-state index contributed by atoms with van der Waals surface area (Å²) in [5.41, 5.74) is 3.37. The number of aryl methyl sites for hydroxylation is 2. The van der Waals surface area contributed by atoms with Gasteiger partial charge in [0.05, 0.1) is 17.7 Å². The number of aliphatic hydroxyl groups is 1. The number of carbonyl (C=O) groups excluding carboxylic acids is 2. The zero-order chi connectivity index (χ0) is 24.6. The van der Waals surface area contributed by atoms with Crippen LogP contribution < -0.4 is 9.64 Å². The zero-order valence-corrected chi connectivity index (χ0v) is 19.5. The standard InChI is InChI=1S/C28H26FNO4/c1-16(2)34-23-13-8-20(9-14-23)26(31)24-25(19-6-10-21(29)11-7-19)30(28(33)27(24)32)22-12-5-17(3)18(4)15-22/h5-16,25,31H,1-4H3/b26-24+. The normalized spacial score (nSPS) is 17.5. The molecule has 1 saturated heterocycles. The fraction of sp³-hybridized carbons (Fsp3) is 0.214. The number of carbonyl (C=O) groups is 2. The van der Waals surface area contributed by atoms with Gasteiger partial charge in [-0.2, -0.15) is 0 Å². The molecule has 1 N–H and O–H groups in total. The smallest absolute Gasteiger partial charge is 0.300 e. The SMILES string of the molecule is Cc1ccc(N2C(=O)C(=O)/C(=C(/O)c3ccc(OC(C)C)cc3)C2c2ccc(F)cc2)cc1C. The van der Waals surface area contributed by atoms with E-state index in [1.54, 1.807) is 30.3 Å². The Bertz CT molecular complexity index is 1280. The molecule has 1 fully saturated rings. The van der Waals surface area contributed by atoms with Gasteiger partial charge in [0.25, 0.3) is 11.7 Å². The average Bonchev–Trinajstić information content (AvgIpc) is 3.06. The predicted octanol–water partition coefficient (Wildman–Crippen LogP) is 5.86. The summed E-state index contributed by atoms with van der Waals surface area (Å²) in [7, 11) is 0. The first-order chi connectivity index (χ1) is 16.2. The Morgan fingerprint density at radius 2 is 1.59 bits per heavy atom. The van der Waals surface area contributed by atoms with Gasteiger partial charge in [0.1, 0.15) is 17.3 Å². The number of ether oxygens (including phenoxy) is 1. The van der Waals surface area contributed by atoms with Gasteiger partial charge in [-0.1, -0.05) is 18.2 Å². The lowest BCUT2D eigenvalue weighted by Crippen LogP contribution is -2.29. The molecule has 1 amide bonds. The van der Waals surface area contributed by atoms with Crippen LogP contribution in [0.1, 0.15) is 42.1 Å². The number of hydrogen-bond acceptors (Lipinski definition) is 4. The Kier molecular flexibility index (Phi) is 6.24. The summed E-state index contributed by atoms with van der Waals surface area (Å²) in [6, 6.07) is 16.8. The summed E-state index contributed by atoms with van der Waals surface area (Å²) in [5.74, 6) is -1.66. The van der Waals surface area contributed by atoms with E-state index in [9.17, 15) is 19.1 Å². The van der Waals surface area contributed by atoms with Crippen molar-refractivity contribution < 1.29 is 23.8 Å². The molecular weight excluding hydrogens is 433 g/mol. The minimum atomic E-state index is -0.908. The Morgan fingerprint density at radius 1 is 0.941 bits per heavy atom. The van der Waals surface area contributed by atoms with E-state index in [0.29, 0.717) is 22.6 Å². The fourth-order valence-electron chi connectivity index (χ4n) is 4.05. The fourth-order valence-corrected chi connectivity index (χ4v) is 4.05. The number of amides is 1. The minimum absolute atomic E-state index is 0.0128. The first kappa shape index (κ1) is 23.2. The molecule has 174 valence electrons. The second-order valence-electron chi connectivity index (χ2n) is 8.68. The lowest BCUT2D eigenvalue weighted by molar-refractivity contribution is -0.132. The van der Waals surface area contributed by atoms with Gasteiger partial charge < -0.3 is 9.84 Å². The first-order valence-corrected chi connectivity index (χ1v) is 11.1. The van der Waals surface area contributed by atoms with Gasteiger partial charge in [-0.3, -0.25) is 14.5 Å². The number of halogens is 1. The van der Waals surface area contributed by atoms with Gasteiger partial charge in [0.15, 0.2) is 0 Å². The van der Waals surface area contributed by atoms with Crippen molar-refractivity contribution in [3.8, 4) is 5.75 Å². The third-order valence-electron chi connectivity index (χ3n) is 5.90. The molecule has 5 nitrogen and oxygen atoms in total. The summed E-state index contributed by atoms with van der Waals surface area (Å²) in [4.78, 5) is 27.8. The van der Waals surface area contributed by atoms with Gasteiger partial charge in [-0.15, -0.1) is 0 Å². The van der Waals surface area contributed by atoms with E-state index < -0.39 is 23.5 Å². The van der Waals surface area contributed by atoms with E-state index >= 15 is 0 Å². The molecule has 4 rings (SSSR count). The molecule has 34 heavy (non-hydrogen) atoms. The molecule has 0 spiro atoms. The molecule has 1 aliphatic rings. The highest BCUT2D eigenvalue weighted by atomic mass is 19.1. The number of ketones is 1. The maximum absolute atomic E-state index is 13.7. The van der Waals surface area contributed by atoms with Gasteiger partial charge >= 0.3 is 0 Å². The van der Waals surface area contributed by atoms with Crippen LogP contribution in [0.25, 0.3) is 5.76 Å². The van der Waals surface area contributed by atoms with E-state index in [0.717, 1.165) is 11.1 Å². The van der Waals surface area contributed by atoms with Crippen molar-refractivity contribution in [2.24, 2.45) is 0 Å². The maximum atomic E-state index is 13.7. The predicted molar refractivity (Wildman–Crippen MR) is 129 cm³/mol. The lowest BCUT2D eigenvalue weighted by atomic mass is 9.95. The third kappa shape index (κ3) is 4.31. The molecular formula is C28H26FNO4. The van der Waals surface area contributed by atoms with Crippen molar-refractivity contribution in [3.63, 3.8) is 0 Å². The molecule has 1 aliphatic heterocycles. The molecule has 3 aromatic rings. The number of hydrogen-bond donors (Lipinski definition) is 1. The molecule has 0 saturated carbocycles. The highest BCUT2D eigenvalue weighted by molar-refractivity contribution is 6.51. The number of nitrogens with zero attached hydrogens (tertiary/aromatic N) is 1. The van der Waals surface area contributed by atoms with Gasteiger partial charge in [0.2, 0.25) is 0 Å². The number of Topliss-reactive ketones (excluding diaryl/α,β-unsaturated/α-hetero) is 1. The number of anilines is 1. The summed E-state index contributed by atoms with van der Waals surface area (Å²) in [6.07, 6.45) is -0.0128. The van der Waals surface area contributed by atoms with Crippen LogP contribution in [-0.2, 0) is 9.59 Å². The molecule has 6 heteroatoms. The van der Waals surface area contributed by atoms with E-state index in [4.69, 9.17) is 4.74 Å². The second kappa shape index (κ2) is 9.14. The second-order valence-corrected chi connectivity index (χ2v) is 8.68. The summed E-state index contributed by atoms with van der Waals surface area (Å²) >= 11 is 0. The van der Waals surface area contributed by atoms with Crippen molar-refractivity contribution in [2.75, 3.05) is 4.90 Å². The molecule has 0 aliphatic carbocycles. The topological polar surface area (TPSA) is 66.8 Å². The lowest BCUT2D eigenvalue weighted by Gasteiger charge is -2.26. The van der Waals surface area contributed by atoms with Crippen molar-refractivity contribution in [3.05, 3.63) is 100 Å². The van der Waals surface area contributed by atoms with Gasteiger partial charge in [-0.25, -0.2) is 4.39 Å². The van der Waals surface area contributed by atoms with Crippen LogP contribution in [-0.4, -0.2) is 22.9 Å². The summed E-state index contributed by atoms with van der Waals surface area (Å²) < 4.78 is 19.3. The van der Waals surface area contributed by atoms with Crippen LogP contribution >= 0.6 is 0 Å². The molecule has 1 heterocycles. The van der Waals surface area contributed by atoms with E-state index in [1.165, 1.54) is 29.2 Å². The summed E-state index contributed by atoms with van der Waals surface area (Å²) in [5, 5.41) is 11.2. The highest BCUT2D eigenvalue weighted by Gasteiger charge is 2.47. The molecule has 0 aromatic heterocycles. The first-order valence-electron chi connectivity index (χ1n) is 11.1. The molecule has 3 aromatic carbocycles. The minimum Gasteiger partial charge on any atom is -0.507 e. The highest BCUT2D eigenvalue weighted by Crippen LogP contribution is 2.42. The van der Waals surface area contributed by atoms with Crippen LogP contribution in [0, 0.1) is 19.7 Å². The number of benzene rings is 3.